The molecule has 6 nitrogen and oxygen atoms in total. The number of nitriles is 1. The molecule has 2 aromatic carbocycles. The van der Waals surface area contributed by atoms with E-state index in [4.69, 9.17) is 9.15 Å². The lowest BCUT2D eigenvalue weighted by Crippen LogP contribution is -2.46. The van der Waals surface area contributed by atoms with Crippen molar-refractivity contribution in [3.8, 4) is 11.8 Å². The van der Waals surface area contributed by atoms with Crippen LogP contribution in [0.5, 0.6) is 5.75 Å². The summed E-state index contributed by atoms with van der Waals surface area (Å²) in [5.41, 5.74) is 2.90. The first kappa shape index (κ1) is 18.6. The molecule has 0 N–H and O–H groups in total. The largest absolute Gasteiger partial charge is 0.497 e. The molecule has 2 heterocycles. The molecule has 1 aliphatic carbocycles. The van der Waals surface area contributed by atoms with Crippen LogP contribution in [0.2, 0.25) is 0 Å². The number of ether oxygens (including phenoxy) is 1. The molecule has 0 unspecified atom stereocenters. The third-order valence-corrected chi connectivity index (χ3v) is 6.07. The quantitative estimate of drug-likeness (QED) is 0.641. The summed E-state index contributed by atoms with van der Waals surface area (Å²) in [4.78, 5) is 9.03. The first-order chi connectivity index (χ1) is 14.8. The van der Waals surface area contributed by atoms with Gasteiger partial charge in [0.1, 0.15) is 11.8 Å². The molecule has 3 aromatic rings. The predicted molar refractivity (Wildman–Crippen MR) is 115 cm³/mol. The number of oxazole rings is 1. The highest BCUT2D eigenvalue weighted by molar-refractivity contribution is 5.53. The lowest BCUT2D eigenvalue weighted by Gasteiger charge is -2.35. The van der Waals surface area contributed by atoms with Gasteiger partial charge in [-0.2, -0.15) is 5.26 Å². The van der Waals surface area contributed by atoms with Gasteiger partial charge in [-0.15, -0.1) is 0 Å². The van der Waals surface area contributed by atoms with Crippen LogP contribution in [0.4, 0.5) is 11.6 Å². The number of rotatable bonds is 5. The van der Waals surface area contributed by atoms with Crippen molar-refractivity contribution in [3.05, 3.63) is 71.7 Å². The highest BCUT2D eigenvalue weighted by atomic mass is 16.5. The van der Waals surface area contributed by atoms with Crippen LogP contribution in [-0.2, 0) is 0 Å². The van der Waals surface area contributed by atoms with E-state index in [0.717, 1.165) is 38.3 Å². The molecule has 0 bridgehead atoms. The van der Waals surface area contributed by atoms with Gasteiger partial charge in [0.2, 0.25) is 17.5 Å². The van der Waals surface area contributed by atoms with E-state index in [1.54, 1.807) is 7.11 Å². The topological polar surface area (TPSA) is 65.5 Å². The Morgan fingerprint density at radius 1 is 0.967 bits per heavy atom. The number of hydrogen-bond donors (Lipinski definition) is 0. The van der Waals surface area contributed by atoms with E-state index in [1.165, 1.54) is 11.3 Å². The summed E-state index contributed by atoms with van der Waals surface area (Å²) in [6, 6.07) is 20.8. The fourth-order valence-electron chi connectivity index (χ4n) is 4.27. The summed E-state index contributed by atoms with van der Waals surface area (Å²) in [5, 5.41) is 9.61. The molecule has 0 radical (unpaired) electrons. The van der Waals surface area contributed by atoms with E-state index in [1.807, 2.05) is 18.2 Å². The molecule has 30 heavy (non-hydrogen) atoms. The Bertz CT molecular complexity index is 1050. The highest BCUT2D eigenvalue weighted by Crippen LogP contribution is 2.54. The maximum Gasteiger partial charge on any atom is 0.234 e. The van der Waals surface area contributed by atoms with Crippen LogP contribution in [0, 0.1) is 11.3 Å². The SMILES string of the molecule is COc1ccc(N2CCN(c3oc([C@H]4C[C@@H]4c4ccccc4)nc3C#N)CC2)cc1. The minimum Gasteiger partial charge on any atom is -0.497 e. The molecule has 1 saturated carbocycles. The van der Waals surface area contributed by atoms with E-state index in [9.17, 15) is 5.26 Å². The van der Waals surface area contributed by atoms with Gasteiger partial charge in [-0.25, -0.2) is 4.98 Å². The average Bonchev–Trinajstić information content (AvgIpc) is 3.51. The van der Waals surface area contributed by atoms with Crippen molar-refractivity contribution in [2.75, 3.05) is 43.1 Å². The molecule has 1 saturated heterocycles. The summed E-state index contributed by atoms with van der Waals surface area (Å²) >= 11 is 0. The smallest absolute Gasteiger partial charge is 0.234 e. The van der Waals surface area contributed by atoms with Gasteiger partial charge in [-0.05, 0) is 42.2 Å². The standard InChI is InChI=1S/C24H24N4O2/c1-29-19-9-7-18(8-10-19)27-11-13-28(14-12-27)24-22(16-25)26-23(30-24)21-15-20(21)17-5-3-2-4-6-17/h2-10,20-21H,11-15H2,1H3/t20-,21+/m1/s1. The van der Waals surface area contributed by atoms with E-state index in [-0.39, 0.29) is 5.92 Å². The second-order valence-corrected chi connectivity index (χ2v) is 7.85. The third-order valence-electron chi connectivity index (χ3n) is 6.07. The van der Waals surface area contributed by atoms with Crippen LogP contribution in [-0.4, -0.2) is 38.3 Å². The zero-order valence-corrected chi connectivity index (χ0v) is 17.0. The summed E-state index contributed by atoms with van der Waals surface area (Å²) in [6.45, 7) is 3.32. The van der Waals surface area contributed by atoms with Gasteiger partial charge in [-0.3, -0.25) is 0 Å². The van der Waals surface area contributed by atoms with Gasteiger partial charge >= 0.3 is 0 Å². The zero-order valence-electron chi connectivity index (χ0n) is 17.0. The Labute approximate surface area is 176 Å². The van der Waals surface area contributed by atoms with Crippen molar-refractivity contribution < 1.29 is 9.15 Å². The van der Waals surface area contributed by atoms with Gasteiger partial charge in [0.15, 0.2) is 0 Å². The maximum absolute atomic E-state index is 9.61. The summed E-state index contributed by atoms with van der Waals surface area (Å²) < 4.78 is 11.4. The van der Waals surface area contributed by atoms with E-state index in [2.05, 4.69) is 57.3 Å². The van der Waals surface area contributed by atoms with Gasteiger partial charge in [0.05, 0.1) is 7.11 Å². The van der Waals surface area contributed by atoms with Crippen LogP contribution >= 0.6 is 0 Å². The molecule has 2 atom stereocenters. The molecule has 1 aromatic heterocycles. The van der Waals surface area contributed by atoms with Crippen molar-refractivity contribution in [2.24, 2.45) is 0 Å². The van der Waals surface area contributed by atoms with Crippen LogP contribution in [0.1, 0.15) is 35.4 Å². The lowest BCUT2D eigenvalue weighted by atomic mass is 10.1. The number of hydrogen-bond acceptors (Lipinski definition) is 6. The van der Waals surface area contributed by atoms with Crippen molar-refractivity contribution in [1.29, 1.82) is 5.26 Å². The second kappa shape index (κ2) is 7.75. The van der Waals surface area contributed by atoms with E-state index in [0.29, 0.717) is 23.4 Å². The second-order valence-electron chi connectivity index (χ2n) is 7.85. The zero-order chi connectivity index (χ0) is 20.5. The van der Waals surface area contributed by atoms with Gasteiger partial charge < -0.3 is 19.0 Å². The molecule has 152 valence electrons. The fraction of sp³-hybridized carbons (Fsp3) is 0.333. The molecule has 6 heteroatoms. The predicted octanol–water partition coefficient (Wildman–Crippen LogP) is 4.15. The monoisotopic (exact) mass is 400 g/mol. The molecule has 5 rings (SSSR count). The third kappa shape index (κ3) is 3.48. The van der Waals surface area contributed by atoms with Crippen molar-refractivity contribution in [3.63, 3.8) is 0 Å². The van der Waals surface area contributed by atoms with Crippen LogP contribution in [0.3, 0.4) is 0 Å². The number of aromatic nitrogens is 1. The van der Waals surface area contributed by atoms with Crippen molar-refractivity contribution in [1.82, 2.24) is 4.98 Å². The Morgan fingerprint density at radius 3 is 2.33 bits per heavy atom. The van der Waals surface area contributed by atoms with E-state index >= 15 is 0 Å². The Balaban J connectivity index is 1.27. The van der Waals surface area contributed by atoms with Crippen molar-refractivity contribution in [2.45, 2.75) is 18.3 Å². The average molecular weight is 400 g/mol. The molecular weight excluding hydrogens is 376 g/mol. The van der Waals surface area contributed by atoms with Gasteiger partial charge in [0.25, 0.3) is 0 Å². The van der Waals surface area contributed by atoms with E-state index < -0.39 is 0 Å². The van der Waals surface area contributed by atoms with Gasteiger partial charge in [-0.1, -0.05) is 30.3 Å². The van der Waals surface area contributed by atoms with Crippen LogP contribution in [0.25, 0.3) is 0 Å². The Morgan fingerprint density at radius 2 is 1.67 bits per heavy atom. The fourth-order valence-corrected chi connectivity index (χ4v) is 4.27. The number of piperazine rings is 1. The maximum atomic E-state index is 9.61. The molecule has 2 fully saturated rings. The Kier molecular flexibility index (Phi) is 4.80. The molecule has 0 amide bonds. The molecule has 2 aliphatic rings. The van der Waals surface area contributed by atoms with Crippen LogP contribution in [0.15, 0.2) is 59.0 Å². The molecule has 0 spiro atoms. The number of benzene rings is 2. The van der Waals surface area contributed by atoms with Crippen LogP contribution < -0.4 is 14.5 Å². The number of nitrogens with zero attached hydrogens (tertiary/aromatic N) is 4. The summed E-state index contributed by atoms with van der Waals surface area (Å²) in [5.74, 6) is 2.90. The first-order valence-corrected chi connectivity index (χ1v) is 10.4. The lowest BCUT2D eigenvalue weighted by molar-refractivity contribution is 0.415. The minimum atomic E-state index is 0.272. The number of methoxy groups -OCH3 is 1. The van der Waals surface area contributed by atoms with Crippen molar-refractivity contribution >= 4 is 11.6 Å². The molecular formula is C24H24N4O2. The summed E-state index contributed by atoms with van der Waals surface area (Å²) in [6.07, 6.45) is 1.03. The highest BCUT2D eigenvalue weighted by Gasteiger charge is 2.44. The van der Waals surface area contributed by atoms with Gasteiger partial charge in [0, 0.05) is 37.8 Å². The Hall–Kier alpha value is -3.46. The first-order valence-electron chi connectivity index (χ1n) is 10.4. The normalized spacial score (nSPS) is 20.7. The molecule has 1 aliphatic heterocycles. The summed E-state index contributed by atoms with van der Waals surface area (Å²) in [7, 11) is 1.68. The minimum absolute atomic E-state index is 0.272. The number of anilines is 2.